The van der Waals surface area contributed by atoms with Crippen molar-refractivity contribution in [3.63, 3.8) is 0 Å². The third-order valence-electron chi connectivity index (χ3n) is 3.28. The molecule has 0 aliphatic rings. The quantitative estimate of drug-likeness (QED) is 0.806. The summed E-state index contributed by atoms with van der Waals surface area (Å²) >= 11 is 0. The molecule has 0 aliphatic carbocycles. The second kappa shape index (κ2) is 8.34. The Morgan fingerprint density at radius 2 is 1.88 bits per heavy atom. The van der Waals surface area contributed by atoms with E-state index in [9.17, 15) is 22.8 Å². The molecule has 0 fully saturated rings. The zero-order valence-corrected chi connectivity index (χ0v) is 13.2. The van der Waals surface area contributed by atoms with Crippen molar-refractivity contribution in [2.24, 2.45) is 5.92 Å². The van der Waals surface area contributed by atoms with Crippen LogP contribution in [0.4, 0.5) is 13.2 Å². The smallest absolute Gasteiger partial charge is 0.416 e. The first-order chi connectivity index (χ1) is 11.2. The molecule has 5 nitrogen and oxygen atoms in total. The molecule has 8 heteroatoms. The minimum absolute atomic E-state index is 0.0852. The molecular formula is C16H17F3N2O3. The van der Waals surface area contributed by atoms with Crippen LogP contribution in [0.25, 0.3) is 0 Å². The van der Waals surface area contributed by atoms with Gasteiger partial charge in [0.1, 0.15) is 6.04 Å². The van der Waals surface area contributed by atoms with Crippen molar-refractivity contribution >= 4 is 11.9 Å². The summed E-state index contributed by atoms with van der Waals surface area (Å²) < 4.78 is 42.0. The van der Waals surface area contributed by atoms with Crippen LogP contribution in [-0.2, 0) is 26.9 Å². The second-order valence-corrected chi connectivity index (χ2v) is 5.28. The van der Waals surface area contributed by atoms with Crippen molar-refractivity contribution < 1.29 is 27.5 Å². The molecule has 1 amide bonds. The zero-order valence-electron chi connectivity index (χ0n) is 13.2. The summed E-state index contributed by atoms with van der Waals surface area (Å²) in [5, 5.41) is 11.2. The standard InChI is InChI=1S/C16H17F3N2O3/c1-10(9-20)7-13(15(23)24-2)21-14(22)8-11-3-5-12(6-4-11)16(17,18)19/h3-6,10,13H,7-8H2,1-2H3,(H,21,22)/t10-,13-/m0/s1. The first kappa shape index (κ1) is 19.5. The van der Waals surface area contributed by atoms with E-state index in [2.05, 4.69) is 10.1 Å². The van der Waals surface area contributed by atoms with Crippen molar-refractivity contribution in [1.82, 2.24) is 5.32 Å². The number of benzene rings is 1. The number of hydrogen-bond donors (Lipinski definition) is 1. The number of amides is 1. The maximum atomic E-state index is 12.5. The third kappa shape index (κ3) is 5.91. The minimum Gasteiger partial charge on any atom is -0.467 e. The Morgan fingerprint density at radius 3 is 2.33 bits per heavy atom. The Balaban J connectivity index is 2.72. The van der Waals surface area contributed by atoms with Gasteiger partial charge in [0, 0.05) is 5.92 Å². The summed E-state index contributed by atoms with van der Waals surface area (Å²) in [6, 6.07) is 5.15. The van der Waals surface area contributed by atoms with Gasteiger partial charge in [0.05, 0.1) is 25.2 Å². The van der Waals surface area contributed by atoms with E-state index in [1.165, 1.54) is 12.1 Å². The molecule has 0 radical (unpaired) electrons. The van der Waals surface area contributed by atoms with Crippen molar-refractivity contribution in [2.45, 2.75) is 32.0 Å². The van der Waals surface area contributed by atoms with Gasteiger partial charge in [0.2, 0.25) is 5.91 Å². The second-order valence-electron chi connectivity index (χ2n) is 5.28. The van der Waals surface area contributed by atoms with E-state index < -0.39 is 35.6 Å². The fraction of sp³-hybridized carbons (Fsp3) is 0.438. The van der Waals surface area contributed by atoms with Crippen LogP contribution in [0.1, 0.15) is 24.5 Å². The van der Waals surface area contributed by atoms with E-state index in [0.29, 0.717) is 5.56 Å². The van der Waals surface area contributed by atoms with E-state index in [4.69, 9.17) is 5.26 Å². The van der Waals surface area contributed by atoms with Gasteiger partial charge in [-0.15, -0.1) is 0 Å². The molecule has 1 rings (SSSR count). The zero-order chi connectivity index (χ0) is 18.3. The summed E-state index contributed by atoms with van der Waals surface area (Å²) in [7, 11) is 1.16. The minimum atomic E-state index is -4.44. The number of nitrogens with zero attached hydrogens (tertiary/aromatic N) is 1. The Bertz CT molecular complexity index is 621. The highest BCUT2D eigenvalue weighted by atomic mass is 19.4. The fourth-order valence-corrected chi connectivity index (χ4v) is 2.00. The predicted octanol–water partition coefficient (Wildman–Crippen LogP) is 2.46. The number of carbonyl (C=O) groups excluding carboxylic acids is 2. The highest BCUT2D eigenvalue weighted by Crippen LogP contribution is 2.29. The number of hydrogen-bond acceptors (Lipinski definition) is 4. The van der Waals surface area contributed by atoms with E-state index in [1.54, 1.807) is 6.92 Å². The first-order valence-electron chi connectivity index (χ1n) is 7.10. The van der Waals surface area contributed by atoms with E-state index in [0.717, 1.165) is 19.2 Å². The summed E-state index contributed by atoms with van der Waals surface area (Å²) in [4.78, 5) is 23.6. The Morgan fingerprint density at radius 1 is 1.29 bits per heavy atom. The number of esters is 1. The van der Waals surface area contributed by atoms with Crippen LogP contribution >= 0.6 is 0 Å². The summed E-state index contributed by atoms with van der Waals surface area (Å²) in [6.07, 6.45) is -4.54. The van der Waals surface area contributed by atoms with E-state index >= 15 is 0 Å². The highest BCUT2D eigenvalue weighted by Gasteiger charge is 2.30. The number of halogens is 3. The van der Waals surface area contributed by atoms with Gasteiger partial charge < -0.3 is 10.1 Å². The maximum absolute atomic E-state index is 12.5. The van der Waals surface area contributed by atoms with Crippen LogP contribution in [0.5, 0.6) is 0 Å². The molecule has 0 aliphatic heterocycles. The summed E-state index contributed by atoms with van der Waals surface area (Å²) in [6.45, 7) is 1.60. The number of nitriles is 1. The molecule has 0 saturated carbocycles. The third-order valence-corrected chi connectivity index (χ3v) is 3.28. The molecule has 1 aromatic rings. The van der Waals surface area contributed by atoms with Crippen molar-refractivity contribution in [2.75, 3.05) is 7.11 Å². The lowest BCUT2D eigenvalue weighted by Gasteiger charge is -2.17. The lowest BCUT2D eigenvalue weighted by Crippen LogP contribution is -2.43. The molecule has 0 aromatic heterocycles. The molecule has 2 atom stereocenters. The van der Waals surface area contributed by atoms with Gasteiger partial charge in [-0.3, -0.25) is 4.79 Å². The van der Waals surface area contributed by atoms with E-state index in [-0.39, 0.29) is 12.8 Å². The summed E-state index contributed by atoms with van der Waals surface area (Å²) in [5.41, 5.74) is -0.431. The molecule has 0 spiro atoms. The maximum Gasteiger partial charge on any atom is 0.416 e. The highest BCUT2D eigenvalue weighted by molar-refractivity contribution is 5.85. The average molecular weight is 342 g/mol. The molecule has 1 N–H and O–H groups in total. The molecular weight excluding hydrogens is 325 g/mol. The Kier molecular flexibility index (Phi) is 6.77. The SMILES string of the molecule is COC(=O)[C@H](C[C@H](C)C#N)NC(=O)Cc1ccc(C(F)(F)F)cc1. The van der Waals surface area contributed by atoms with Gasteiger partial charge in [-0.1, -0.05) is 12.1 Å². The van der Waals surface area contributed by atoms with Gasteiger partial charge in [0.15, 0.2) is 0 Å². The number of ether oxygens (including phenoxy) is 1. The van der Waals surface area contributed by atoms with Crippen LogP contribution < -0.4 is 5.32 Å². The van der Waals surface area contributed by atoms with Gasteiger partial charge in [0.25, 0.3) is 0 Å². The van der Waals surface area contributed by atoms with Crippen molar-refractivity contribution in [1.29, 1.82) is 5.26 Å². The van der Waals surface area contributed by atoms with Crippen LogP contribution in [0, 0.1) is 17.2 Å². The lowest BCUT2D eigenvalue weighted by molar-refractivity contribution is -0.145. The van der Waals surface area contributed by atoms with Gasteiger partial charge in [-0.2, -0.15) is 18.4 Å². The van der Waals surface area contributed by atoms with Crippen molar-refractivity contribution in [3.8, 4) is 6.07 Å². The van der Waals surface area contributed by atoms with Gasteiger partial charge >= 0.3 is 12.1 Å². The number of nitrogens with one attached hydrogen (secondary N) is 1. The normalized spacial score (nSPS) is 13.5. The van der Waals surface area contributed by atoms with Gasteiger partial charge in [-0.25, -0.2) is 4.79 Å². The fourth-order valence-electron chi connectivity index (χ4n) is 2.00. The van der Waals surface area contributed by atoms with Crippen molar-refractivity contribution in [3.05, 3.63) is 35.4 Å². The number of carbonyl (C=O) groups is 2. The number of methoxy groups -OCH3 is 1. The predicted molar refractivity (Wildman–Crippen MR) is 78.5 cm³/mol. The Labute approximate surface area is 137 Å². The molecule has 0 unspecified atom stereocenters. The Hall–Kier alpha value is -2.56. The number of alkyl halides is 3. The molecule has 1 aromatic carbocycles. The van der Waals surface area contributed by atoms with Crippen LogP contribution in [0.15, 0.2) is 24.3 Å². The first-order valence-corrected chi connectivity index (χ1v) is 7.10. The lowest BCUT2D eigenvalue weighted by atomic mass is 10.0. The van der Waals surface area contributed by atoms with Gasteiger partial charge in [-0.05, 0) is 31.0 Å². The largest absolute Gasteiger partial charge is 0.467 e. The van der Waals surface area contributed by atoms with E-state index in [1.807, 2.05) is 6.07 Å². The molecule has 130 valence electrons. The molecule has 24 heavy (non-hydrogen) atoms. The number of rotatable bonds is 6. The van der Waals surface area contributed by atoms with Crippen LogP contribution in [0.2, 0.25) is 0 Å². The molecule has 0 heterocycles. The average Bonchev–Trinajstić information content (AvgIpc) is 2.52. The monoisotopic (exact) mass is 342 g/mol. The summed E-state index contributed by atoms with van der Waals surface area (Å²) in [5.74, 6) is -1.70. The van der Waals surface area contributed by atoms with Crippen LogP contribution in [0.3, 0.4) is 0 Å². The topological polar surface area (TPSA) is 79.2 Å². The molecule has 0 saturated heterocycles. The van der Waals surface area contributed by atoms with Crippen LogP contribution in [-0.4, -0.2) is 25.0 Å². The molecule has 0 bridgehead atoms.